The summed E-state index contributed by atoms with van der Waals surface area (Å²) < 4.78 is 35.0. The fraction of sp³-hybridized carbons (Fsp3) is 0.600. The molecule has 2 rings (SSSR count). The maximum absolute atomic E-state index is 12.6. The SMILES string of the molecule is CCC1(Cc2cccc(OC)c2OC(F)F)CCCN1. The average Bonchev–Trinajstić information content (AvgIpc) is 2.89. The molecule has 1 atom stereocenters. The average molecular weight is 285 g/mol. The standard InChI is InChI=1S/C15H21F2NO2/c1-3-15(8-5-9-18-15)10-11-6-4-7-12(19-2)13(11)20-14(16)17/h4,6-7,14,18H,3,5,8-10H2,1-2H3. The minimum absolute atomic E-state index is 0.0212. The van der Waals surface area contributed by atoms with Gasteiger partial charge in [-0.1, -0.05) is 19.1 Å². The van der Waals surface area contributed by atoms with Crippen LogP contribution in [0.1, 0.15) is 31.7 Å². The van der Waals surface area contributed by atoms with Gasteiger partial charge in [0.25, 0.3) is 0 Å². The van der Waals surface area contributed by atoms with Gasteiger partial charge in [0.05, 0.1) is 7.11 Å². The van der Waals surface area contributed by atoms with Gasteiger partial charge in [-0.25, -0.2) is 0 Å². The van der Waals surface area contributed by atoms with Gasteiger partial charge < -0.3 is 14.8 Å². The van der Waals surface area contributed by atoms with Crippen molar-refractivity contribution in [2.24, 2.45) is 0 Å². The summed E-state index contributed by atoms with van der Waals surface area (Å²) in [7, 11) is 1.46. The van der Waals surface area contributed by atoms with Crippen molar-refractivity contribution >= 4 is 0 Å². The summed E-state index contributed by atoms with van der Waals surface area (Å²) in [5.74, 6) is 0.513. The molecule has 0 bridgehead atoms. The van der Waals surface area contributed by atoms with Crippen LogP contribution in [0, 0.1) is 0 Å². The van der Waals surface area contributed by atoms with E-state index in [0.29, 0.717) is 12.2 Å². The zero-order valence-corrected chi connectivity index (χ0v) is 11.9. The highest BCUT2D eigenvalue weighted by Gasteiger charge is 2.33. The first-order chi connectivity index (χ1) is 9.60. The van der Waals surface area contributed by atoms with Gasteiger partial charge >= 0.3 is 6.61 Å². The molecular weight excluding hydrogens is 264 g/mol. The van der Waals surface area contributed by atoms with Gasteiger partial charge in [-0.05, 0) is 38.3 Å². The Labute approximate surface area is 118 Å². The van der Waals surface area contributed by atoms with Crippen LogP contribution in [0.3, 0.4) is 0 Å². The van der Waals surface area contributed by atoms with Gasteiger partial charge in [-0.15, -0.1) is 0 Å². The van der Waals surface area contributed by atoms with Gasteiger partial charge in [-0.2, -0.15) is 8.78 Å². The molecule has 1 unspecified atom stereocenters. The molecular formula is C15H21F2NO2. The van der Waals surface area contributed by atoms with Crippen LogP contribution in [0.5, 0.6) is 11.5 Å². The van der Waals surface area contributed by atoms with E-state index in [1.165, 1.54) is 7.11 Å². The predicted molar refractivity (Wildman–Crippen MR) is 73.6 cm³/mol. The Morgan fingerprint density at radius 1 is 1.40 bits per heavy atom. The molecule has 1 saturated heterocycles. The van der Waals surface area contributed by atoms with Crippen LogP contribution < -0.4 is 14.8 Å². The van der Waals surface area contributed by atoms with Crippen LogP contribution in [0.2, 0.25) is 0 Å². The predicted octanol–water partition coefficient (Wildman–Crippen LogP) is 3.37. The number of hydrogen-bond donors (Lipinski definition) is 1. The second kappa shape index (κ2) is 6.39. The van der Waals surface area contributed by atoms with E-state index in [4.69, 9.17) is 4.74 Å². The first kappa shape index (κ1) is 15.0. The molecule has 0 radical (unpaired) electrons. The van der Waals surface area contributed by atoms with Gasteiger partial charge in [-0.3, -0.25) is 0 Å². The lowest BCUT2D eigenvalue weighted by Crippen LogP contribution is -2.41. The highest BCUT2D eigenvalue weighted by Crippen LogP contribution is 2.37. The quantitative estimate of drug-likeness (QED) is 0.869. The molecule has 0 saturated carbocycles. The van der Waals surface area contributed by atoms with Crippen molar-refractivity contribution in [3.05, 3.63) is 23.8 Å². The minimum atomic E-state index is -2.85. The third kappa shape index (κ3) is 3.20. The van der Waals surface area contributed by atoms with Gasteiger partial charge in [0, 0.05) is 11.1 Å². The second-order valence-electron chi connectivity index (χ2n) is 5.17. The van der Waals surface area contributed by atoms with E-state index in [0.717, 1.165) is 31.4 Å². The summed E-state index contributed by atoms with van der Waals surface area (Å²) in [4.78, 5) is 0. The molecule has 112 valence electrons. The molecule has 1 aliphatic rings. The van der Waals surface area contributed by atoms with Crippen molar-refractivity contribution < 1.29 is 18.3 Å². The second-order valence-corrected chi connectivity index (χ2v) is 5.17. The highest BCUT2D eigenvalue weighted by molar-refractivity contribution is 5.47. The van der Waals surface area contributed by atoms with E-state index in [1.54, 1.807) is 6.07 Å². The molecule has 1 heterocycles. The monoisotopic (exact) mass is 285 g/mol. The molecule has 1 N–H and O–H groups in total. The highest BCUT2D eigenvalue weighted by atomic mass is 19.3. The van der Waals surface area contributed by atoms with Crippen molar-refractivity contribution in [2.75, 3.05) is 13.7 Å². The topological polar surface area (TPSA) is 30.5 Å². The zero-order chi connectivity index (χ0) is 14.6. The first-order valence-electron chi connectivity index (χ1n) is 6.96. The van der Waals surface area contributed by atoms with Crippen LogP contribution in [-0.2, 0) is 6.42 Å². The Bertz CT molecular complexity index is 445. The summed E-state index contributed by atoms with van der Waals surface area (Å²) in [6.45, 7) is 0.244. The molecule has 1 fully saturated rings. The Morgan fingerprint density at radius 3 is 2.75 bits per heavy atom. The van der Waals surface area contributed by atoms with E-state index >= 15 is 0 Å². The fourth-order valence-corrected chi connectivity index (χ4v) is 2.90. The molecule has 1 aromatic carbocycles. The van der Waals surface area contributed by atoms with Crippen molar-refractivity contribution in [1.29, 1.82) is 0 Å². The summed E-state index contributed by atoms with van der Waals surface area (Å²) in [6.07, 6.45) is 3.79. The Kier molecular flexibility index (Phi) is 4.81. The van der Waals surface area contributed by atoms with E-state index in [2.05, 4.69) is 17.0 Å². The van der Waals surface area contributed by atoms with E-state index < -0.39 is 6.61 Å². The van der Waals surface area contributed by atoms with Gasteiger partial charge in [0.15, 0.2) is 11.5 Å². The molecule has 0 aromatic heterocycles. The van der Waals surface area contributed by atoms with E-state index in [9.17, 15) is 8.78 Å². The first-order valence-corrected chi connectivity index (χ1v) is 6.96. The number of para-hydroxylation sites is 1. The molecule has 20 heavy (non-hydrogen) atoms. The third-order valence-corrected chi connectivity index (χ3v) is 4.03. The summed E-state index contributed by atoms with van der Waals surface area (Å²) in [5.41, 5.74) is 0.743. The number of methoxy groups -OCH3 is 1. The number of hydrogen-bond acceptors (Lipinski definition) is 3. The summed E-state index contributed by atoms with van der Waals surface area (Å²) in [6, 6.07) is 5.28. The lowest BCUT2D eigenvalue weighted by molar-refractivity contribution is -0.0520. The number of rotatable bonds is 6. The molecule has 3 nitrogen and oxygen atoms in total. The van der Waals surface area contributed by atoms with Gasteiger partial charge in [0.1, 0.15) is 0 Å². The molecule has 0 amide bonds. The minimum Gasteiger partial charge on any atom is -0.493 e. The summed E-state index contributed by atoms with van der Waals surface area (Å²) in [5, 5.41) is 3.50. The van der Waals surface area contributed by atoms with Crippen LogP contribution in [0.15, 0.2) is 18.2 Å². The molecule has 0 spiro atoms. The molecule has 0 aliphatic carbocycles. The van der Waals surface area contributed by atoms with Crippen molar-refractivity contribution in [1.82, 2.24) is 5.32 Å². The van der Waals surface area contributed by atoms with Crippen LogP contribution in [0.4, 0.5) is 8.78 Å². The maximum atomic E-state index is 12.6. The van der Waals surface area contributed by atoms with Crippen molar-refractivity contribution in [2.45, 2.75) is 44.8 Å². The molecule has 1 aliphatic heterocycles. The van der Waals surface area contributed by atoms with Crippen molar-refractivity contribution in [3.63, 3.8) is 0 Å². The number of ether oxygens (including phenoxy) is 2. The number of alkyl halides is 2. The lowest BCUT2D eigenvalue weighted by atomic mass is 9.86. The zero-order valence-electron chi connectivity index (χ0n) is 11.9. The normalized spacial score (nSPS) is 22.2. The molecule has 5 heteroatoms. The van der Waals surface area contributed by atoms with Crippen LogP contribution in [0.25, 0.3) is 0 Å². The number of halogens is 2. The molecule has 1 aromatic rings. The lowest BCUT2D eigenvalue weighted by Gasteiger charge is -2.29. The summed E-state index contributed by atoms with van der Waals surface area (Å²) >= 11 is 0. The fourth-order valence-electron chi connectivity index (χ4n) is 2.90. The van der Waals surface area contributed by atoms with Crippen LogP contribution in [-0.4, -0.2) is 25.8 Å². The Balaban J connectivity index is 2.30. The van der Waals surface area contributed by atoms with E-state index in [-0.39, 0.29) is 11.3 Å². The van der Waals surface area contributed by atoms with Crippen molar-refractivity contribution in [3.8, 4) is 11.5 Å². The van der Waals surface area contributed by atoms with Gasteiger partial charge in [0.2, 0.25) is 0 Å². The number of benzene rings is 1. The van der Waals surface area contributed by atoms with E-state index in [1.807, 2.05) is 12.1 Å². The smallest absolute Gasteiger partial charge is 0.387 e. The Hall–Kier alpha value is -1.36. The maximum Gasteiger partial charge on any atom is 0.387 e. The number of nitrogens with one attached hydrogen (secondary N) is 1. The Morgan fingerprint density at radius 2 is 2.20 bits per heavy atom. The third-order valence-electron chi connectivity index (χ3n) is 4.03. The largest absolute Gasteiger partial charge is 0.493 e. The van der Waals surface area contributed by atoms with Crippen LogP contribution >= 0.6 is 0 Å².